The molecule has 150 valence electrons. The fraction of sp³-hybridized carbons (Fsp3) is 0.0952. The third-order valence-corrected chi connectivity index (χ3v) is 5.21. The van der Waals surface area contributed by atoms with Crippen molar-refractivity contribution in [2.75, 3.05) is 11.1 Å². The standard InChI is InChI=1S/C21H17N5O3S/c1-13(27)15-9-5-6-10-17(15)23-18(28)12-30-21-24-19-16(20(29)25-21)11-22-26(19)14-7-3-2-4-8-14/h2-11H,12H2,1H3,(H,23,28)(H,24,25,29). The average Bonchev–Trinajstić information content (AvgIpc) is 3.18. The van der Waals surface area contributed by atoms with Gasteiger partial charge in [0.05, 0.1) is 23.3 Å². The molecule has 0 atom stereocenters. The van der Waals surface area contributed by atoms with Crippen LogP contribution in [0.2, 0.25) is 0 Å². The maximum absolute atomic E-state index is 12.4. The van der Waals surface area contributed by atoms with E-state index < -0.39 is 0 Å². The monoisotopic (exact) mass is 419 g/mol. The number of nitrogens with one attached hydrogen (secondary N) is 2. The van der Waals surface area contributed by atoms with Crippen molar-refractivity contribution in [1.29, 1.82) is 0 Å². The van der Waals surface area contributed by atoms with E-state index in [9.17, 15) is 14.4 Å². The van der Waals surface area contributed by atoms with Crippen LogP contribution in [0.5, 0.6) is 0 Å². The van der Waals surface area contributed by atoms with Gasteiger partial charge in [-0.25, -0.2) is 9.67 Å². The van der Waals surface area contributed by atoms with Gasteiger partial charge in [-0.3, -0.25) is 14.4 Å². The number of aromatic nitrogens is 4. The summed E-state index contributed by atoms with van der Waals surface area (Å²) in [7, 11) is 0. The van der Waals surface area contributed by atoms with E-state index in [1.807, 2.05) is 30.3 Å². The number of hydrogen-bond acceptors (Lipinski definition) is 6. The second-order valence-electron chi connectivity index (χ2n) is 6.44. The fourth-order valence-corrected chi connectivity index (χ4v) is 3.60. The molecule has 0 saturated heterocycles. The van der Waals surface area contributed by atoms with E-state index in [0.717, 1.165) is 17.4 Å². The molecule has 2 aromatic heterocycles. The Morgan fingerprint density at radius 1 is 1.10 bits per heavy atom. The quantitative estimate of drug-likeness (QED) is 0.282. The molecule has 0 aliphatic rings. The molecule has 1 amide bonds. The van der Waals surface area contributed by atoms with Crippen molar-refractivity contribution < 1.29 is 9.59 Å². The van der Waals surface area contributed by atoms with E-state index in [1.54, 1.807) is 28.9 Å². The van der Waals surface area contributed by atoms with Gasteiger partial charge in [-0.1, -0.05) is 42.1 Å². The highest BCUT2D eigenvalue weighted by atomic mass is 32.2. The first-order chi connectivity index (χ1) is 14.5. The van der Waals surface area contributed by atoms with Crippen molar-refractivity contribution in [3.8, 4) is 5.69 Å². The molecule has 0 saturated carbocycles. The first-order valence-electron chi connectivity index (χ1n) is 9.09. The lowest BCUT2D eigenvalue weighted by Crippen LogP contribution is -2.17. The van der Waals surface area contributed by atoms with Crippen molar-refractivity contribution in [1.82, 2.24) is 19.7 Å². The van der Waals surface area contributed by atoms with Gasteiger partial charge >= 0.3 is 0 Å². The molecule has 9 heteroatoms. The minimum absolute atomic E-state index is 0.0140. The number of benzene rings is 2. The normalized spacial score (nSPS) is 10.8. The number of nitrogens with zero attached hydrogens (tertiary/aromatic N) is 3. The third kappa shape index (κ3) is 4.01. The number of rotatable bonds is 6. The number of Topliss-reactive ketones (excluding diaryl/α,β-unsaturated/α-hetero) is 1. The van der Waals surface area contributed by atoms with Crippen LogP contribution in [-0.4, -0.2) is 37.2 Å². The van der Waals surface area contributed by atoms with Crippen LogP contribution >= 0.6 is 11.8 Å². The lowest BCUT2D eigenvalue weighted by Gasteiger charge is -2.08. The number of carbonyl (C=O) groups excluding carboxylic acids is 2. The molecule has 2 N–H and O–H groups in total. The van der Waals surface area contributed by atoms with Gasteiger partial charge in [-0.2, -0.15) is 5.10 Å². The molecule has 4 rings (SSSR count). The van der Waals surface area contributed by atoms with Crippen LogP contribution in [0.15, 0.2) is 70.7 Å². The zero-order chi connectivity index (χ0) is 21.1. The highest BCUT2D eigenvalue weighted by Crippen LogP contribution is 2.19. The Morgan fingerprint density at radius 2 is 1.83 bits per heavy atom. The van der Waals surface area contributed by atoms with Crippen molar-refractivity contribution in [2.45, 2.75) is 12.1 Å². The average molecular weight is 419 g/mol. The molecule has 0 fully saturated rings. The molecule has 2 aromatic carbocycles. The van der Waals surface area contributed by atoms with Crippen LogP contribution in [0, 0.1) is 0 Å². The van der Waals surface area contributed by atoms with Crippen molar-refractivity contribution in [3.63, 3.8) is 0 Å². The minimum Gasteiger partial charge on any atom is -0.325 e. The summed E-state index contributed by atoms with van der Waals surface area (Å²) in [4.78, 5) is 43.6. The van der Waals surface area contributed by atoms with Gasteiger partial charge in [0, 0.05) is 5.56 Å². The first kappa shape index (κ1) is 19.6. The second kappa shape index (κ2) is 8.34. The van der Waals surface area contributed by atoms with Gasteiger partial charge in [0.1, 0.15) is 5.39 Å². The van der Waals surface area contributed by atoms with Crippen LogP contribution in [0.25, 0.3) is 16.7 Å². The Balaban J connectivity index is 1.54. The Hall–Kier alpha value is -3.72. The summed E-state index contributed by atoms with van der Waals surface area (Å²) < 4.78 is 1.58. The summed E-state index contributed by atoms with van der Waals surface area (Å²) in [5, 5.41) is 7.66. The van der Waals surface area contributed by atoms with Crippen LogP contribution in [0.3, 0.4) is 0 Å². The number of amides is 1. The molecular formula is C21H17N5O3S. The van der Waals surface area contributed by atoms with Crippen molar-refractivity contribution in [2.24, 2.45) is 0 Å². The van der Waals surface area contributed by atoms with Gasteiger partial charge in [0.2, 0.25) is 5.91 Å². The molecule has 0 aliphatic heterocycles. The van der Waals surface area contributed by atoms with Crippen LogP contribution in [-0.2, 0) is 4.79 Å². The number of fused-ring (bicyclic) bond motifs is 1. The number of H-pyrrole nitrogens is 1. The van der Waals surface area contributed by atoms with Gasteiger partial charge in [0.25, 0.3) is 5.56 Å². The molecule has 30 heavy (non-hydrogen) atoms. The van der Waals surface area contributed by atoms with Gasteiger partial charge < -0.3 is 10.3 Å². The Kier molecular flexibility index (Phi) is 5.44. The van der Waals surface area contributed by atoms with E-state index in [4.69, 9.17) is 0 Å². The molecule has 0 spiro atoms. The molecule has 2 heterocycles. The van der Waals surface area contributed by atoms with Crippen molar-refractivity contribution >= 4 is 40.2 Å². The summed E-state index contributed by atoms with van der Waals surface area (Å²) in [6.45, 7) is 1.44. The first-order valence-corrected chi connectivity index (χ1v) is 10.1. The van der Waals surface area contributed by atoms with E-state index in [0.29, 0.717) is 27.4 Å². The SMILES string of the molecule is CC(=O)c1ccccc1NC(=O)CSc1nc2c(cnn2-c2ccccc2)c(=O)[nH]1. The lowest BCUT2D eigenvalue weighted by molar-refractivity contribution is -0.113. The summed E-state index contributed by atoms with van der Waals surface area (Å²) in [5.74, 6) is -0.433. The van der Waals surface area contributed by atoms with Crippen LogP contribution in [0.4, 0.5) is 5.69 Å². The van der Waals surface area contributed by atoms with E-state index in [-0.39, 0.29) is 23.0 Å². The zero-order valence-corrected chi connectivity index (χ0v) is 16.8. The lowest BCUT2D eigenvalue weighted by atomic mass is 10.1. The maximum atomic E-state index is 12.4. The number of thioether (sulfide) groups is 1. The topological polar surface area (TPSA) is 110 Å². The van der Waals surface area contributed by atoms with E-state index in [1.165, 1.54) is 13.1 Å². The summed E-state index contributed by atoms with van der Waals surface area (Å²) in [5.41, 5.74) is 1.76. The van der Waals surface area contributed by atoms with Gasteiger partial charge in [-0.15, -0.1) is 0 Å². The molecule has 0 unspecified atom stereocenters. The third-order valence-electron chi connectivity index (χ3n) is 4.34. The molecule has 0 radical (unpaired) electrons. The molecular weight excluding hydrogens is 402 g/mol. The molecule has 0 bridgehead atoms. The second-order valence-corrected chi connectivity index (χ2v) is 7.40. The number of aromatic amines is 1. The smallest absolute Gasteiger partial charge is 0.262 e. The fourth-order valence-electron chi connectivity index (χ4n) is 2.94. The summed E-state index contributed by atoms with van der Waals surface area (Å²) in [6.07, 6.45) is 1.47. The van der Waals surface area contributed by atoms with E-state index in [2.05, 4.69) is 20.4 Å². The Morgan fingerprint density at radius 3 is 2.60 bits per heavy atom. The zero-order valence-electron chi connectivity index (χ0n) is 16.0. The van der Waals surface area contributed by atoms with E-state index >= 15 is 0 Å². The number of ketones is 1. The summed E-state index contributed by atoms with van der Waals surface area (Å²) >= 11 is 1.09. The van der Waals surface area contributed by atoms with Gasteiger partial charge in [-0.05, 0) is 31.2 Å². The largest absolute Gasteiger partial charge is 0.325 e. The molecule has 8 nitrogen and oxygen atoms in total. The summed E-state index contributed by atoms with van der Waals surface area (Å²) in [6, 6.07) is 16.2. The van der Waals surface area contributed by atoms with Crippen molar-refractivity contribution in [3.05, 3.63) is 76.7 Å². The number of carbonyl (C=O) groups is 2. The molecule has 0 aliphatic carbocycles. The Labute approximate surface area is 175 Å². The Bertz CT molecular complexity index is 1300. The van der Waals surface area contributed by atoms with Crippen LogP contribution < -0.4 is 10.9 Å². The molecule has 4 aromatic rings. The highest BCUT2D eigenvalue weighted by Gasteiger charge is 2.14. The predicted molar refractivity (Wildman–Crippen MR) is 115 cm³/mol. The number of hydrogen-bond donors (Lipinski definition) is 2. The van der Waals surface area contributed by atoms with Crippen LogP contribution in [0.1, 0.15) is 17.3 Å². The minimum atomic E-state index is -0.327. The number of anilines is 1. The predicted octanol–water partition coefficient (Wildman–Crippen LogP) is 3.04. The maximum Gasteiger partial charge on any atom is 0.262 e. The highest BCUT2D eigenvalue weighted by molar-refractivity contribution is 7.99. The van der Waals surface area contributed by atoms with Gasteiger partial charge in [0.15, 0.2) is 16.6 Å². The number of para-hydroxylation sites is 2.